The third-order valence-corrected chi connectivity index (χ3v) is 6.08. The molecule has 4 aromatic rings. The van der Waals surface area contributed by atoms with Crippen LogP contribution in [0.15, 0.2) is 53.5 Å². The molecule has 0 spiro atoms. The van der Waals surface area contributed by atoms with E-state index in [-0.39, 0.29) is 5.56 Å². The van der Waals surface area contributed by atoms with Gasteiger partial charge in [-0.05, 0) is 48.4 Å². The van der Waals surface area contributed by atoms with Crippen LogP contribution in [0.1, 0.15) is 28.2 Å². The van der Waals surface area contributed by atoms with Crippen molar-refractivity contribution in [3.63, 3.8) is 0 Å². The fourth-order valence-electron chi connectivity index (χ4n) is 4.31. The second kappa shape index (κ2) is 8.55. The van der Waals surface area contributed by atoms with Crippen molar-refractivity contribution in [3.05, 3.63) is 76.0 Å². The Hall–Kier alpha value is -3.91. The summed E-state index contributed by atoms with van der Waals surface area (Å²) in [6.45, 7) is 2.10. The van der Waals surface area contributed by atoms with Crippen molar-refractivity contribution >= 4 is 33.3 Å². The molecule has 2 aromatic carbocycles. The molecule has 3 heterocycles. The number of benzene rings is 2. The summed E-state index contributed by atoms with van der Waals surface area (Å²) < 4.78 is 10.2. The van der Waals surface area contributed by atoms with Crippen molar-refractivity contribution in [2.75, 3.05) is 27.3 Å². The minimum atomic E-state index is -0.455. The Morgan fingerprint density at radius 3 is 2.79 bits per heavy atom. The molecule has 0 bridgehead atoms. The number of H-pyrrole nitrogens is 2. The van der Waals surface area contributed by atoms with E-state index in [9.17, 15) is 9.59 Å². The van der Waals surface area contributed by atoms with E-state index in [0.29, 0.717) is 28.8 Å². The zero-order chi connectivity index (χ0) is 22.9. The number of methoxy groups -OCH3 is 2. The Labute approximate surface area is 189 Å². The first-order valence-corrected chi connectivity index (χ1v) is 10.7. The fourth-order valence-corrected chi connectivity index (χ4v) is 4.31. The van der Waals surface area contributed by atoms with E-state index in [2.05, 4.69) is 32.0 Å². The number of nitrogens with zero attached hydrogens (tertiary/aromatic N) is 2. The highest BCUT2D eigenvalue weighted by atomic mass is 16.5. The number of hydrogen-bond donors (Lipinski definition) is 2. The summed E-state index contributed by atoms with van der Waals surface area (Å²) >= 11 is 0. The summed E-state index contributed by atoms with van der Waals surface area (Å²) in [6, 6.07) is 10.8. The molecule has 0 radical (unpaired) electrons. The summed E-state index contributed by atoms with van der Waals surface area (Å²) in [5, 5.41) is 1.60. The van der Waals surface area contributed by atoms with Gasteiger partial charge in [0.15, 0.2) is 0 Å². The molecule has 0 unspecified atom stereocenters. The van der Waals surface area contributed by atoms with Crippen LogP contribution in [-0.2, 0) is 11.3 Å². The van der Waals surface area contributed by atoms with Gasteiger partial charge in [0.05, 0.1) is 37.2 Å². The quantitative estimate of drug-likeness (QED) is 0.457. The standard InChI is InChI=1S/C25H24N4O4/c1-32-17-4-6-21-19(12-17)20(13-26-21)15-7-9-29(10-8-15)14-23-27-22-11-16(25(31)33-2)3-5-18(22)24(30)28-23/h3-7,11-13,26H,8-10,14H2,1-2H3,(H,27,28,30). The molecule has 8 nitrogen and oxygen atoms in total. The smallest absolute Gasteiger partial charge is 0.337 e. The Bertz CT molecular complexity index is 1450. The zero-order valence-corrected chi connectivity index (χ0v) is 18.5. The number of hydrogen-bond acceptors (Lipinski definition) is 6. The van der Waals surface area contributed by atoms with Crippen molar-refractivity contribution in [1.29, 1.82) is 0 Å². The van der Waals surface area contributed by atoms with Gasteiger partial charge in [-0.3, -0.25) is 9.69 Å². The number of ether oxygens (including phenoxy) is 2. The maximum absolute atomic E-state index is 12.5. The van der Waals surface area contributed by atoms with Crippen LogP contribution in [0.25, 0.3) is 27.4 Å². The van der Waals surface area contributed by atoms with Crippen molar-refractivity contribution in [2.45, 2.75) is 13.0 Å². The van der Waals surface area contributed by atoms with Crippen molar-refractivity contribution in [2.24, 2.45) is 0 Å². The predicted molar refractivity (Wildman–Crippen MR) is 126 cm³/mol. The third-order valence-electron chi connectivity index (χ3n) is 6.08. The summed E-state index contributed by atoms with van der Waals surface area (Å²) in [7, 11) is 3.00. The van der Waals surface area contributed by atoms with Crippen LogP contribution in [0.2, 0.25) is 0 Å². The van der Waals surface area contributed by atoms with Gasteiger partial charge in [0.25, 0.3) is 5.56 Å². The van der Waals surface area contributed by atoms with E-state index in [1.165, 1.54) is 18.2 Å². The first-order valence-electron chi connectivity index (χ1n) is 10.7. The minimum Gasteiger partial charge on any atom is -0.497 e. The van der Waals surface area contributed by atoms with E-state index < -0.39 is 5.97 Å². The van der Waals surface area contributed by atoms with Crippen molar-refractivity contribution in [3.8, 4) is 5.75 Å². The topological polar surface area (TPSA) is 100 Å². The maximum Gasteiger partial charge on any atom is 0.337 e. The first-order chi connectivity index (χ1) is 16.1. The Balaban J connectivity index is 1.36. The molecule has 0 aliphatic carbocycles. The van der Waals surface area contributed by atoms with Crippen LogP contribution in [-0.4, -0.2) is 53.1 Å². The van der Waals surface area contributed by atoms with E-state index in [1.54, 1.807) is 25.3 Å². The molecule has 8 heteroatoms. The van der Waals surface area contributed by atoms with Gasteiger partial charge in [-0.15, -0.1) is 0 Å². The van der Waals surface area contributed by atoms with Crippen molar-refractivity contribution in [1.82, 2.24) is 19.9 Å². The molecule has 2 N–H and O–H groups in total. The molecular weight excluding hydrogens is 420 g/mol. The molecule has 33 heavy (non-hydrogen) atoms. The molecule has 0 saturated heterocycles. The van der Waals surface area contributed by atoms with Crippen molar-refractivity contribution < 1.29 is 14.3 Å². The van der Waals surface area contributed by atoms with Crippen LogP contribution in [0, 0.1) is 0 Å². The number of nitrogens with one attached hydrogen (secondary N) is 2. The normalized spacial score (nSPS) is 14.4. The SMILES string of the molecule is COC(=O)c1ccc2c(=O)[nH]c(CN3CC=C(c4c[nH]c5ccc(OC)cc45)CC3)nc2c1. The largest absolute Gasteiger partial charge is 0.497 e. The van der Waals surface area contributed by atoms with Crippen LogP contribution in [0.5, 0.6) is 5.75 Å². The minimum absolute atomic E-state index is 0.215. The fraction of sp³-hybridized carbons (Fsp3) is 0.240. The number of aromatic amines is 2. The Morgan fingerprint density at radius 2 is 2.03 bits per heavy atom. The van der Waals surface area contributed by atoms with Gasteiger partial charge in [-0.1, -0.05) is 6.08 Å². The molecule has 0 amide bonds. The number of carbonyl (C=O) groups excluding carboxylic acids is 1. The van der Waals surface area contributed by atoms with Gasteiger partial charge in [-0.25, -0.2) is 9.78 Å². The molecule has 1 aliphatic rings. The molecule has 0 saturated carbocycles. The summed E-state index contributed by atoms with van der Waals surface area (Å²) in [6.07, 6.45) is 5.15. The summed E-state index contributed by atoms with van der Waals surface area (Å²) in [5.74, 6) is 0.954. The monoisotopic (exact) mass is 444 g/mol. The Morgan fingerprint density at radius 1 is 1.15 bits per heavy atom. The van der Waals surface area contributed by atoms with Gasteiger partial charge in [0.1, 0.15) is 11.6 Å². The third kappa shape index (κ3) is 4.01. The van der Waals surface area contributed by atoms with E-state index in [0.717, 1.165) is 36.2 Å². The lowest BCUT2D eigenvalue weighted by Crippen LogP contribution is -2.29. The number of fused-ring (bicyclic) bond motifs is 2. The molecule has 5 rings (SSSR count). The van der Waals surface area contributed by atoms with Gasteiger partial charge < -0.3 is 19.4 Å². The van der Waals surface area contributed by atoms with E-state index in [4.69, 9.17) is 9.47 Å². The molecule has 0 fully saturated rings. The zero-order valence-electron chi connectivity index (χ0n) is 18.5. The lowest BCUT2D eigenvalue weighted by atomic mass is 9.99. The van der Waals surface area contributed by atoms with Crippen LogP contribution < -0.4 is 10.3 Å². The number of rotatable bonds is 5. The first kappa shape index (κ1) is 21.0. The van der Waals surface area contributed by atoms with Gasteiger partial charge in [0.2, 0.25) is 0 Å². The highest BCUT2D eigenvalue weighted by Gasteiger charge is 2.18. The van der Waals surface area contributed by atoms with Crippen LogP contribution in [0.4, 0.5) is 0 Å². The molecule has 1 aliphatic heterocycles. The second-order valence-corrected chi connectivity index (χ2v) is 8.06. The highest BCUT2D eigenvalue weighted by molar-refractivity contribution is 5.94. The van der Waals surface area contributed by atoms with E-state index in [1.807, 2.05) is 18.3 Å². The lowest BCUT2D eigenvalue weighted by Gasteiger charge is -2.25. The molecule has 168 valence electrons. The average molecular weight is 444 g/mol. The lowest BCUT2D eigenvalue weighted by molar-refractivity contribution is 0.0601. The summed E-state index contributed by atoms with van der Waals surface area (Å²) in [4.78, 5) is 37.4. The molecule has 2 aromatic heterocycles. The highest BCUT2D eigenvalue weighted by Crippen LogP contribution is 2.31. The van der Waals surface area contributed by atoms with Crippen LogP contribution in [0.3, 0.4) is 0 Å². The number of aromatic nitrogens is 3. The van der Waals surface area contributed by atoms with Crippen LogP contribution >= 0.6 is 0 Å². The Kier molecular flexibility index (Phi) is 5.43. The van der Waals surface area contributed by atoms with Gasteiger partial charge in [-0.2, -0.15) is 0 Å². The summed E-state index contributed by atoms with van der Waals surface area (Å²) in [5.41, 5.74) is 4.20. The van der Waals surface area contributed by atoms with E-state index >= 15 is 0 Å². The second-order valence-electron chi connectivity index (χ2n) is 8.06. The van der Waals surface area contributed by atoms with Gasteiger partial charge >= 0.3 is 5.97 Å². The average Bonchev–Trinajstić information content (AvgIpc) is 3.27. The maximum atomic E-state index is 12.5. The van der Waals surface area contributed by atoms with Gasteiger partial charge in [0, 0.05) is 35.8 Å². The predicted octanol–water partition coefficient (Wildman–Crippen LogP) is 3.49. The number of esters is 1. The number of carbonyl (C=O) groups is 1. The molecule has 0 atom stereocenters. The molecular formula is C25H24N4O4.